The summed E-state index contributed by atoms with van der Waals surface area (Å²) in [6.07, 6.45) is 4.76. The number of hydrogen-bond acceptors (Lipinski definition) is 4. The van der Waals surface area contributed by atoms with Gasteiger partial charge in [-0.05, 0) is 56.0 Å². The molecule has 150 valence electrons. The molecule has 1 unspecified atom stereocenters. The maximum Gasteiger partial charge on any atom is 0.221 e. The molecule has 2 heterocycles. The molecule has 4 rings (SSSR count). The summed E-state index contributed by atoms with van der Waals surface area (Å²) < 4.78 is 1.11. The van der Waals surface area contributed by atoms with E-state index < -0.39 is 0 Å². The Hall–Kier alpha value is -1.21. The number of carbonyl (C=O) groups excluding carboxylic acids is 1. The number of nitrogens with one attached hydrogen (secondary N) is 1. The summed E-state index contributed by atoms with van der Waals surface area (Å²) >= 11 is 5.47. The summed E-state index contributed by atoms with van der Waals surface area (Å²) in [6.45, 7) is 5.85. The Morgan fingerprint density at radius 1 is 1.18 bits per heavy atom. The van der Waals surface area contributed by atoms with Crippen LogP contribution in [-0.4, -0.2) is 48.9 Å². The third-order valence-corrected chi connectivity index (χ3v) is 7.56. The van der Waals surface area contributed by atoms with Crippen molar-refractivity contribution in [2.75, 3.05) is 38.5 Å². The summed E-state index contributed by atoms with van der Waals surface area (Å²) in [5, 5.41) is 4.23. The Labute approximate surface area is 180 Å². The number of thiophene rings is 1. The molecule has 0 saturated carbocycles. The van der Waals surface area contributed by atoms with Crippen LogP contribution in [0.3, 0.4) is 0 Å². The molecule has 0 bridgehead atoms. The van der Waals surface area contributed by atoms with Crippen molar-refractivity contribution in [2.45, 2.75) is 38.6 Å². The Morgan fingerprint density at radius 3 is 2.64 bits per heavy atom. The minimum Gasteiger partial charge on any atom is -0.318 e. The minimum atomic E-state index is 0.0196. The van der Waals surface area contributed by atoms with Crippen LogP contribution in [0.25, 0.3) is 0 Å². The highest BCUT2D eigenvalue weighted by Gasteiger charge is 2.33. The first-order valence-corrected chi connectivity index (χ1v) is 11.7. The van der Waals surface area contributed by atoms with Crippen LogP contribution in [0, 0.1) is 0 Å². The van der Waals surface area contributed by atoms with Crippen molar-refractivity contribution in [2.24, 2.45) is 0 Å². The molecule has 1 aliphatic heterocycles. The highest BCUT2D eigenvalue weighted by Crippen LogP contribution is 2.45. The summed E-state index contributed by atoms with van der Waals surface area (Å²) in [5.74, 6) is 0.0196. The van der Waals surface area contributed by atoms with E-state index in [0.29, 0.717) is 0 Å². The number of benzene rings is 1. The third-order valence-electron chi connectivity index (χ3n) is 5.84. The number of nitrogens with zero attached hydrogens (tertiary/aromatic N) is 2. The van der Waals surface area contributed by atoms with Gasteiger partial charge in [0.15, 0.2) is 0 Å². The molecule has 1 fully saturated rings. The SMILES string of the molecule is CC(=O)Nc1sc2c(c1C(c1cccc(Br)c1)N1CCN(C)CC1)CCCC2. The highest BCUT2D eigenvalue weighted by molar-refractivity contribution is 9.10. The first-order valence-electron chi connectivity index (χ1n) is 10.1. The fraction of sp³-hybridized carbons (Fsp3) is 0.500. The number of piperazine rings is 1. The van der Waals surface area contributed by atoms with Gasteiger partial charge in [-0.2, -0.15) is 0 Å². The number of rotatable bonds is 4. The number of amides is 1. The van der Waals surface area contributed by atoms with Crippen molar-refractivity contribution in [3.05, 3.63) is 50.3 Å². The van der Waals surface area contributed by atoms with Gasteiger partial charge in [0.25, 0.3) is 0 Å². The Bertz CT molecular complexity index is 857. The van der Waals surface area contributed by atoms with Gasteiger partial charge in [0.05, 0.1) is 6.04 Å². The number of likely N-dealkylation sites (N-methyl/N-ethyl adjacent to an activating group) is 1. The smallest absolute Gasteiger partial charge is 0.221 e. The molecule has 2 aliphatic rings. The molecule has 28 heavy (non-hydrogen) atoms. The predicted molar refractivity (Wildman–Crippen MR) is 120 cm³/mol. The van der Waals surface area contributed by atoms with E-state index >= 15 is 0 Å². The maximum atomic E-state index is 12.0. The van der Waals surface area contributed by atoms with Gasteiger partial charge >= 0.3 is 0 Å². The van der Waals surface area contributed by atoms with Crippen LogP contribution < -0.4 is 5.32 Å². The standard InChI is InChI=1S/C22H28BrN3OS/c1-15(27)24-22-20(18-8-3-4-9-19(18)28-22)21(16-6-5-7-17(23)14-16)26-12-10-25(2)11-13-26/h5-7,14,21H,3-4,8-13H2,1-2H3,(H,24,27). The monoisotopic (exact) mass is 461 g/mol. The van der Waals surface area contributed by atoms with Gasteiger partial charge in [0.1, 0.15) is 5.00 Å². The second kappa shape index (κ2) is 8.66. The first-order chi connectivity index (χ1) is 13.5. The molecule has 6 heteroatoms. The Morgan fingerprint density at radius 2 is 1.93 bits per heavy atom. The largest absolute Gasteiger partial charge is 0.318 e. The van der Waals surface area contributed by atoms with Gasteiger partial charge in [-0.1, -0.05) is 28.1 Å². The molecule has 2 aromatic rings. The second-order valence-corrected chi connectivity index (χ2v) is 9.95. The van der Waals surface area contributed by atoms with Crippen molar-refractivity contribution in [1.29, 1.82) is 0 Å². The van der Waals surface area contributed by atoms with E-state index in [1.165, 1.54) is 34.4 Å². The van der Waals surface area contributed by atoms with E-state index in [4.69, 9.17) is 0 Å². The van der Waals surface area contributed by atoms with E-state index in [2.05, 4.69) is 62.4 Å². The van der Waals surface area contributed by atoms with E-state index in [1.54, 1.807) is 18.3 Å². The molecule has 1 saturated heterocycles. The molecule has 1 aromatic heterocycles. The van der Waals surface area contributed by atoms with Crippen LogP contribution in [0.2, 0.25) is 0 Å². The molecular formula is C22H28BrN3OS. The Balaban J connectivity index is 1.84. The fourth-order valence-corrected chi connectivity index (χ4v) is 6.23. The summed E-state index contributed by atoms with van der Waals surface area (Å²) in [4.78, 5) is 18.4. The summed E-state index contributed by atoms with van der Waals surface area (Å²) in [5.41, 5.74) is 4.14. The van der Waals surface area contributed by atoms with Crippen LogP contribution in [0.1, 0.15) is 47.4 Å². The van der Waals surface area contributed by atoms with Crippen LogP contribution in [0.4, 0.5) is 5.00 Å². The number of fused-ring (bicyclic) bond motifs is 1. The fourth-order valence-electron chi connectivity index (χ4n) is 4.45. The molecule has 0 radical (unpaired) electrons. The molecule has 4 nitrogen and oxygen atoms in total. The number of aryl methyl sites for hydroxylation is 1. The second-order valence-electron chi connectivity index (χ2n) is 7.93. The van der Waals surface area contributed by atoms with Crippen LogP contribution in [-0.2, 0) is 17.6 Å². The van der Waals surface area contributed by atoms with Crippen LogP contribution in [0.5, 0.6) is 0 Å². The zero-order valence-corrected chi connectivity index (χ0v) is 19.0. The highest BCUT2D eigenvalue weighted by atomic mass is 79.9. The lowest BCUT2D eigenvalue weighted by Crippen LogP contribution is -2.46. The molecular weight excluding hydrogens is 434 g/mol. The van der Waals surface area contributed by atoms with Crippen molar-refractivity contribution < 1.29 is 4.79 Å². The van der Waals surface area contributed by atoms with E-state index in [9.17, 15) is 4.79 Å². The number of hydrogen-bond donors (Lipinski definition) is 1. The van der Waals surface area contributed by atoms with Crippen molar-refractivity contribution in [1.82, 2.24) is 9.80 Å². The number of halogens is 1. The van der Waals surface area contributed by atoms with Gasteiger partial charge in [-0.15, -0.1) is 11.3 Å². The third kappa shape index (κ3) is 4.20. The van der Waals surface area contributed by atoms with Gasteiger partial charge in [0.2, 0.25) is 5.91 Å². The van der Waals surface area contributed by atoms with Crippen molar-refractivity contribution in [3.8, 4) is 0 Å². The van der Waals surface area contributed by atoms with Gasteiger partial charge in [-0.3, -0.25) is 9.69 Å². The van der Waals surface area contributed by atoms with Gasteiger partial charge in [-0.25, -0.2) is 0 Å². The van der Waals surface area contributed by atoms with E-state index in [-0.39, 0.29) is 11.9 Å². The van der Waals surface area contributed by atoms with Gasteiger partial charge in [0, 0.05) is 48.0 Å². The number of carbonyl (C=O) groups is 1. The molecule has 1 N–H and O–H groups in total. The minimum absolute atomic E-state index is 0.0196. The zero-order valence-electron chi connectivity index (χ0n) is 16.6. The molecule has 1 aromatic carbocycles. The van der Waals surface area contributed by atoms with Crippen LogP contribution in [0.15, 0.2) is 28.7 Å². The summed E-state index contributed by atoms with van der Waals surface area (Å²) in [7, 11) is 2.20. The van der Waals surface area contributed by atoms with Crippen LogP contribution >= 0.6 is 27.3 Å². The first kappa shape index (κ1) is 20.1. The van der Waals surface area contributed by atoms with E-state index in [0.717, 1.165) is 48.5 Å². The predicted octanol–water partition coefficient (Wildman–Crippen LogP) is 4.68. The molecule has 0 spiro atoms. The molecule has 1 amide bonds. The quantitative estimate of drug-likeness (QED) is 0.717. The number of anilines is 1. The van der Waals surface area contributed by atoms with Crippen molar-refractivity contribution >= 4 is 38.2 Å². The average molecular weight is 462 g/mol. The summed E-state index contributed by atoms with van der Waals surface area (Å²) in [6, 6.07) is 8.87. The average Bonchev–Trinajstić information content (AvgIpc) is 3.01. The molecule has 1 atom stereocenters. The van der Waals surface area contributed by atoms with Crippen molar-refractivity contribution in [3.63, 3.8) is 0 Å². The topological polar surface area (TPSA) is 35.6 Å². The van der Waals surface area contributed by atoms with Gasteiger partial charge < -0.3 is 10.2 Å². The maximum absolute atomic E-state index is 12.0. The normalized spacial score (nSPS) is 19.2. The Kier molecular flexibility index (Phi) is 6.21. The lowest BCUT2D eigenvalue weighted by atomic mass is 9.88. The lowest BCUT2D eigenvalue weighted by Gasteiger charge is -2.39. The molecule has 1 aliphatic carbocycles. The zero-order chi connectivity index (χ0) is 19.7. The van der Waals surface area contributed by atoms with E-state index in [1.807, 2.05) is 0 Å². The lowest BCUT2D eigenvalue weighted by molar-refractivity contribution is -0.114.